The van der Waals surface area contributed by atoms with E-state index in [-0.39, 0.29) is 18.6 Å². The molecule has 0 N–H and O–H groups in total. The first-order valence-corrected chi connectivity index (χ1v) is 15.3. The molecule has 2 aromatic heterocycles. The Morgan fingerprint density at radius 1 is 0.889 bits per heavy atom. The maximum atomic E-state index is 13.9. The first-order chi connectivity index (χ1) is 22.1. The summed E-state index contributed by atoms with van der Waals surface area (Å²) >= 11 is 0. The predicted octanol–water partition coefficient (Wildman–Crippen LogP) is 5.52. The second kappa shape index (κ2) is 12.9. The van der Waals surface area contributed by atoms with Crippen molar-refractivity contribution in [1.82, 2.24) is 19.2 Å². The zero-order chi connectivity index (χ0) is 30.6. The molecule has 1 amide bonds. The van der Waals surface area contributed by atoms with E-state index in [4.69, 9.17) is 23.9 Å². The molecule has 0 saturated carbocycles. The van der Waals surface area contributed by atoms with Crippen molar-refractivity contribution < 1.29 is 23.7 Å². The molecule has 1 atom stereocenters. The van der Waals surface area contributed by atoms with E-state index in [0.29, 0.717) is 31.9 Å². The van der Waals surface area contributed by atoms with Crippen LogP contribution in [0.4, 0.5) is 0 Å². The second-order valence-electron chi connectivity index (χ2n) is 11.4. The van der Waals surface area contributed by atoms with Crippen LogP contribution in [0, 0.1) is 0 Å². The summed E-state index contributed by atoms with van der Waals surface area (Å²) in [5.41, 5.74) is 4.92. The van der Waals surface area contributed by atoms with Crippen LogP contribution in [0.25, 0.3) is 5.65 Å². The van der Waals surface area contributed by atoms with Crippen LogP contribution in [-0.4, -0.2) is 65.2 Å². The fourth-order valence-electron chi connectivity index (χ4n) is 6.12. The molecule has 1 saturated heterocycles. The van der Waals surface area contributed by atoms with Crippen LogP contribution in [0.2, 0.25) is 0 Å². The van der Waals surface area contributed by atoms with E-state index >= 15 is 0 Å². The molecule has 45 heavy (non-hydrogen) atoms. The van der Waals surface area contributed by atoms with Crippen molar-refractivity contribution in [2.75, 3.05) is 40.1 Å². The lowest BCUT2D eigenvalue weighted by atomic mass is 9.91. The lowest BCUT2D eigenvalue weighted by molar-refractivity contribution is -0.133. The molecule has 0 bridgehead atoms. The Hall–Kier alpha value is -5.02. The minimum atomic E-state index is -0.223. The van der Waals surface area contributed by atoms with Crippen LogP contribution in [0.1, 0.15) is 34.7 Å². The largest absolute Gasteiger partial charge is 0.497 e. The summed E-state index contributed by atoms with van der Waals surface area (Å²) in [6, 6.07) is 28.0. The number of amides is 1. The summed E-state index contributed by atoms with van der Waals surface area (Å²) in [5, 5.41) is 0. The van der Waals surface area contributed by atoms with Gasteiger partial charge in [-0.25, -0.2) is 4.98 Å². The first kappa shape index (κ1) is 28.7. The molecular weight excluding hydrogens is 568 g/mol. The average molecular weight is 605 g/mol. The van der Waals surface area contributed by atoms with Crippen molar-refractivity contribution in [3.05, 3.63) is 120 Å². The summed E-state index contributed by atoms with van der Waals surface area (Å²) in [6.45, 7) is 4.50. The van der Waals surface area contributed by atoms with Gasteiger partial charge in [-0.2, -0.15) is 0 Å². The zero-order valence-corrected chi connectivity index (χ0v) is 25.3. The number of pyridine rings is 1. The Morgan fingerprint density at radius 3 is 2.58 bits per heavy atom. The van der Waals surface area contributed by atoms with Gasteiger partial charge in [0.25, 0.3) is 0 Å². The molecule has 5 aromatic rings. The lowest BCUT2D eigenvalue weighted by Crippen LogP contribution is -2.48. The van der Waals surface area contributed by atoms with Crippen molar-refractivity contribution >= 4 is 11.6 Å². The highest BCUT2D eigenvalue weighted by molar-refractivity contribution is 5.78. The van der Waals surface area contributed by atoms with E-state index in [2.05, 4.69) is 17.0 Å². The second-order valence-corrected chi connectivity index (χ2v) is 11.4. The summed E-state index contributed by atoms with van der Waals surface area (Å²) < 4.78 is 24.8. The fourth-order valence-corrected chi connectivity index (χ4v) is 6.12. The van der Waals surface area contributed by atoms with Crippen LogP contribution in [-0.2, 0) is 17.9 Å². The summed E-state index contributed by atoms with van der Waals surface area (Å²) in [4.78, 5) is 23.0. The SMILES string of the molecule is COc1cccc(C(CC(=O)N2CCN(Cc3ccc4c(c3)OCO4)CC2)c2cnc3c(OCc4ccccc4)cccn23)c1. The van der Waals surface area contributed by atoms with Gasteiger partial charge in [-0.15, -0.1) is 0 Å². The van der Waals surface area contributed by atoms with E-state index in [1.807, 2.05) is 94.5 Å². The Bertz CT molecular complexity index is 1780. The van der Waals surface area contributed by atoms with Crippen LogP contribution in [0.3, 0.4) is 0 Å². The van der Waals surface area contributed by atoms with Gasteiger partial charge in [0.15, 0.2) is 22.9 Å². The standard InChI is InChI=1S/C36H36N4O5/c1-42-29-10-5-9-28(20-29)30(31-22-37-36-33(11-6-14-40(31)36)43-24-26-7-3-2-4-8-26)21-35(41)39-17-15-38(16-18-39)23-27-12-13-32-34(19-27)45-25-44-32/h2-14,19-20,22,30H,15-18,21,23-25H2,1H3. The quantitative estimate of drug-likeness (QED) is 0.208. The molecule has 2 aliphatic rings. The van der Waals surface area contributed by atoms with E-state index in [9.17, 15) is 4.79 Å². The number of piperazine rings is 1. The molecule has 9 heteroatoms. The molecule has 1 fully saturated rings. The van der Waals surface area contributed by atoms with Crippen molar-refractivity contribution in [3.63, 3.8) is 0 Å². The van der Waals surface area contributed by atoms with Gasteiger partial charge in [0.05, 0.1) is 12.8 Å². The number of ether oxygens (including phenoxy) is 4. The van der Waals surface area contributed by atoms with Crippen LogP contribution < -0.4 is 18.9 Å². The smallest absolute Gasteiger partial charge is 0.231 e. The molecule has 230 valence electrons. The minimum absolute atomic E-state index is 0.122. The molecule has 1 unspecified atom stereocenters. The van der Waals surface area contributed by atoms with Crippen LogP contribution in [0.5, 0.6) is 23.0 Å². The summed E-state index contributed by atoms with van der Waals surface area (Å²) in [5.74, 6) is 2.94. The van der Waals surface area contributed by atoms with Crippen molar-refractivity contribution in [2.24, 2.45) is 0 Å². The molecule has 0 spiro atoms. The summed E-state index contributed by atoms with van der Waals surface area (Å²) in [7, 11) is 1.66. The first-order valence-electron chi connectivity index (χ1n) is 15.3. The van der Waals surface area contributed by atoms with Gasteiger partial charge in [-0.1, -0.05) is 48.5 Å². The maximum Gasteiger partial charge on any atom is 0.231 e. The number of benzene rings is 3. The summed E-state index contributed by atoms with van der Waals surface area (Å²) in [6.07, 6.45) is 4.17. The van der Waals surface area contributed by atoms with Gasteiger partial charge in [-0.05, 0) is 53.1 Å². The Kier molecular flexibility index (Phi) is 8.25. The number of carbonyl (C=O) groups is 1. The Balaban J connectivity index is 1.08. The van der Waals surface area contributed by atoms with Gasteiger partial charge in [0.1, 0.15) is 12.4 Å². The third kappa shape index (κ3) is 6.30. The molecule has 3 aromatic carbocycles. The van der Waals surface area contributed by atoms with E-state index < -0.39 is 0 Å². The van der Waals surface area contributed by atoms with Crippen LogP contribution >= 0.6 is 0 Å². The van der Waals surface area contributed by atoms with Gasteiger partial charge >= 0.3 is 0 Å². The van der Waals surface area contributed by atoms with Gasteiger partial charge < -0.3 is 28.2 Å². The minimum Gasteiger partial charge on any atom is -0.497 e. The van der Waals surface area contributed by atoms with Crippen molar-refractivity contribution in [1.29, 1.82) is 0 Å². The Labute approximate surface area is 262 Å². The molecule has 0 radical (unpaired) electrons. The molecule has 0 aliphatic carbocycles. The number of nitrogens with zero attached hydrogens (tertiary/aromatic N) is 4. The average Bonchev–Trinajstić information content (AvgIpc) is 3.74. The number of imidazole rings is 1. The number of hydrogen-bond donors (Lipinski definition) is 0. The number of aromatic nitrogens is 2. The predicted molar refractivity (Wildman–Crippen MR) is 170 cm³/mol. The highest BCUT2D eigenvalue weighted by Crippen LogP contribution is 2.34. The highest BCUT2D eigenvalue weighted by Gasteiger charge is 2.28. The monoisotopic (exact) mass is 604 g/mol. The maximum absolute atomic E-state index is 13.9. The van der Waals surface area contributed by atoms with Gasteiger partial charge in [-0.3, -0.25) is 9.69 Å². The lowest BCUT2D eigenvalue weighted by Gasteiger charge is -2.35. The van der Waals surface area contributed by atoms with Crippen LogP contribution in [0.15, 0.2) is 97.3 Å². The van der Waals surface area contributed by atoms with E-state index in [1.54, 1.807) is 7.11 Å². The third-order valence-electron chi connectivity index (χ3n) is 8.57. The van der Waals surface area contributed by atoms with Gasteiger partial charge in [0.2, 0.25) is 12.7 Å². The number of methoxy groups -OCH3 is 1. The number of carbonyl (C=O) groups excluding carboxylic acids is 1. The number of rotatable bonds is 10. The molecule has 4 heterocycles. The molecular formula is C36H36N4O5. The molecule has 2 aliphatic heterocycles. The zero-order valence-electron chi connectivity index (χ0n) is 25.3. The van der Waals surface area contributed by atoms with Crippen molar-refractivity contribution in [2.45, 2.75) is 25.5 Å². The number of hydrogen-bond acceptors (Lipinski definition) is 7. The van der Waals surface area contributed by atoms with Crippen molar-refractivity contribution in [3.8, 4) is 23.0 Å². The molecule has 9 nitrogen and oxygen atoms in total. The van der Waals surface area contributed by atoms with Gasteiger partial charge in [0, 0.05) is 57.5 Å². The fraction of sp³-hybridized carbons (Fsp3) is 0.278. The third-order valence-corrected chi connectivity index (χ3v) is 8.57. The topological polar surface area (TPSA) is 77.8 Å². The van der Waals surface area contributed by atoms with E-state index in [0.717, 1.165) is 59.4 Å². The Morgan fingerprint density at radius 2 is 1.73 bits per heavy atom. The highest BCUT2D eigenvalue weighted by atomic mass is 16.7. The normalized spacial score (nSPS) is 15.3. The molecule has 7 rings (SSSR count). The van der Waals surface area contributed by atoms with E-state index in [1.165, 1.54) is 5.56 Å². The number of fused-ring (bicyclic) bond motifs is 2.